The average molecular weight is 278 g/mol. The second kappa shape index (κ2) is 6.27. The van der Waals surface area contributed by atoms with Crippen molar-refractivity contribution in [2.24, 2.45) is 13.0 Å². The molecule has 1 N–H and O–H groups in total. The van der Waals surface area contributed by atoms with Gasteiger partial charge in [-0.3, -0.25) is 4.68 Å². The molecule has 114 valence electrons. The summed E-state index contributed by atoms with van der Waals surface area (Å²) in [4.78, 5) is 2.44. The summed E-state index contributed by atoms with van der Waals surface area (Å²) in [5, 5.41) is 8.08. The fourth-order valence-corrected chi connectivity index (χ4v) is 3.61. The molecule has 0 radical (unpaired) electrons. The number of nitrogens with one attached hydrogen (secondary N) is 1. The van der Waals surface area contributed by atoms with E-state index in [1.807, 2.05) is 11.7 Å². The SMILES string of the molecule is Cc1nn(C)cc1CNCC1(N(C)C)CCCC(C)C1. The zero-order chi connectivity index (χ0) is 14.8. The van der Waals surface area contributed by atoms with Gasteiger partial charge < -0.3 is 10.2 Å². The summed E-state index contributed by atoms with van der Waals surface area (Å²) in [5.41, 5.74) is 2.77. The van der Waals surface area contributed by atoms with Gasteiger partial charge in [-0.05, 0) is 39.8 Å². The van der Waals surface area contributed by atoms with Crippen LogP contribution in [0.25, 0.3) is 0 Å². The molecule has 1 aliphatic carbocycles. The molecule has 2 atom stereocenters. The van der Waals surface area contributed by atoms with E-state index in [9.17, 15) is 0 Å². The van der Waals surface area contributed by atoms with Crippen LogP contribution in [0, 0.1) is 12.8 Å². The van der Waals surface area contributed by atoms with Crippen molar-refractivity contribution >= 4 is 0 Å². The number of aromatic nitrogens is 2. The van der Waals surface area contributed by atoms with Crippen LogP contribution in [0.3, 0.4) is 0 Å². The molecule has 0 saturated heterocycles. The first-order chi connectivity index (χ1) is 9.43. The Morgan fingerprint density at radius 2 is 2.25 bits per heavy atom. The van der Waals surface area contributed by atoms with E-state index in [4.69, 9.17) is 0 Å². The maximum absolute atomic E-state index is 4.41. The Morgan fingerprint density at radius 1 is 1.50 bits per heavy atom. The predicted octanol–water partition coefficient (Wildman–Crippen LogP) is 2.33. The Kier molecular flexibility index (Phi) is 4.86. The van der Waals surface area contributed by atoms with Gasteiger partial charge in [-0.2, -0.15) is 5.10 Å². The molecule has 4 heteroatoms. The first-order valence-electron chi connectivity index (χ1n) is 7.80. The van der Waals surface area contributed by atoms with Crippen LogP contribution in [0.2, 0.25) is 0 Å². The van der Waals surface area contributed by atoms with Crippen molar-refractivity contribution in [1.29, 1.82) is 0 Å². The van der Waals surface area contributed by atoms with Crippen LogP contribution in [0.4, 0.5) is 0 Å². The number of rotatable bonds is 5. The molecule has 1 heterocycles. The minimum atomic E-state index is 0.327. The maximum Gasteiger partial charge on any atom is 0.0638 e. The van der Waals surface area contributed by atoms with Gasteiger partial charge in [-0.25, -0.2) is 0 Å². The lowest BCUT2D eigenvalue weighted by molar-refractivity contribution is 0.0749. The molecule has 1 aromatic heterocycles. The van der Waals surface area contributed by atoms with Crippen molar-refractivity contribution in [2.45, 2.75) is 51.6 Å². The first-order valence-corrected chi connectivity index (χ1v) is 7.80. The summed E-state index contributed by atoms with van der Waals surface area (Å²) < 4.78 is 1.90. The zero-order valence-electron chi connectivity index (χ0n) is 13.7. The van der Waals surface area contributed by atoms with Gasteiger partial charge in [0, 0.05) is 37.4 Å². The van der Waals surface area contributed by atoms with E-state index in [1.165, 1.54) is 31.2 Å². The van der Waals surface area contributed by atoms with E-state index in [2.05, 4.69) is 49.5 Å². The van der Waals surface area contributed by atoms with Crippen molar-refractivity contribution in [3.63, 3.8) is 0 Å². The fraction of sp³-hybridized carbons (Fsp3) is 0.812. The molecule has 1 aromatic rings. The number of likely N-dealkylation sites (N-methyl/N-ethyl adjacent to an activating group) is 1. The van der Waals surface area contributed by atoms with Crippen LogP contribution in [-0.2, 0) is 13.6 Å². The van der Waals surface area contributed by atoms with E-state index in [-0.39, 0.29) is 0 Å². The van der Waals surface area contributed by atoms with Gasteiger partial charge in [0.25, 0.3) is 0 Å². The van der Waals surface area contributed by atoms with Crippen molar-refractivity contribution in [2.75, 3.05) is 20.6 Å². The van der Waals surface area contributed by atoms with Crippen LogP contribution < -0.4 is 5.32 Å². The number of hydrogen-bond acceptors (Lipinski definition) is 3. The molecule has 0 aromatic carbocycles. The van der Waals surface area contributed by atoms with Gasteiger partial charge in [0.1, 0.15) is 0 Å². The Balaban J connectivity index is 1.94. The molecule has 2 unspecified atom stereocenters. The van der Waals surface area contributed by atoms with Crippen molar-refractivity contribution in [1.82, 2.24) is 20.0 Å². The van der Waals surface area contributed by atoms with Crippen LogP contribution in [0.15, 0.2) is 6.20 Å². The lowest BCUT2D eigenvalue weighted by Gasteiger charge is -2.45. The fourth-order valence-electron chi connectivity index (χ4n) is 3.61. The Hall–Kier alpha value is -0.870. The monoisotopic (exact) mass is 278 g/mol. The third-order valence-electron chi connectivity index (χ3n) is 4.90. The van der Waals surface area contributed by atoms with E-state index in [0.29, 0.717) is 5.54 Å². The largest absolute Gasteiger partial charge is 0.311 e. The Morgan fingerprint density at radius 3 is 2.80 bits per heavy atom. The minimum Gasteiger partial charge on any atom is -0.311 e. The van der Waals surface area contributed by atoms with Gasteiger partial charge in [-0.15, -0.1) is 0 Å². The Bertz CT molecular complexity index is 438. The van der Waals surface area contributed by atoms with Crippen molar-refractivity contribution in [3.05, 3.63) is 17.5 Å². The molecule has 1 fully saturated rings. The highest BCUT2D eigenvalue weighted by Crippen LogP contribution is 2.35. The van der Waals surface area contributed by atoms with Crippen LogP contribution >= 0.6 is 0 Å². The average Bonchev–Trinajstić information content (AvgIpc) is 2.68. The minimum absolute atomic E-state index is 0.327. The van der Waals surface area contributed by atoms with Gasteiger partial charge >= 0.3 is 0 Å². The topological polar surface area (TPSA) is 33.1 Å². The maximum atomic E-state index is 4.41. The van der Waals surface area contributed by atoms with Crippen molar-refractivity contribution in [3.8, 4) is 0 Å². The number of hydrogen-bond donors (Lipinski definition) is 1. The number of aryl methyl sites for hydroxylation is 2. The van der Waals surface area contributed by atoms with Crippen LogP contribution in [-0.4, -0.2) is 40.9 Å². The summed E-state index contributed by atoms with van der Waals surface area (Å²) in [7, 11) is 6.45. The highest BCUT2D eigenvalue weighted by atomic mass is 15.3. The predicted molar refractivity (Wildman–Crippen MR) is 83.7 cm³/mol. The molecule has 0 amide bonds. The summed E-state index contributed by atoms with van der Waals surface area (Å²) in [6, 6.07) is 0. The van der Waals surface area contributed by atoms with Gasteiger partial charge in [-0.1, -0.05) is 19.8 Å². The highest BCUT2D eigenvalue weighted by Gasteiger charge is 2.36. The van der Waals surface area contributed by atoms with Crippen molar-refractivity contribution < 1.29 is 0 Å². The molecule has 1 aliphatic rings. The summed E-state index contributed by atoms with van der Waals surface area (Å²) in [5.74, 6) is 0.841. The highest BCUT2D eigenvalue weighted by molar-refractivity contribution is 5.15. The summed E-state index contributed by atoms with van der Waals surface area (Å²) in [6.45, 7) is 6.46. The molecule has 0 aliphatic heterocycles. The molecule has 1 saturated carbocycles. The lowest BCUT2D eigenvalue weighted by atomic mass is 9.75. The molecule has 20 heavy (non-hydrogen) atoms. The third kappa shape index (κ3) is 3.41. The quantitative estimate of drug-likeness (QED) is 0.897. The molecule has 0 bridgehead atoms. The van der Waals surface area contributed by atoms with Crippen LogP contribution in [0.1, 0.15) is 43.9 Å². The standard InChI is InChI=1S/C16H30N4/c1-13-7-6-8-16(9-13,19(3)4)12-17-10-15-11-20(5)18-14(15)2/h11,13,17H,6-10,12H2,1-5H3. The van der Waals surface area contributed by atoms with Gasteiger partial charge in [0.05, 0.1) is 5.69 Å². The van der Waals surface area contributed by atoms with E-state index in [0.717, 1.165) is 24.7 Å². The number of nitrogens with zero attached hydrogens (tertiary/aromatic N) is 3. The Labute approximate surface area is 123 Å². The normalized spacial score (nSPS) is 27.2. The molecular weight excluding hydrogens is 248 g/mol. The zero-order valence-corrected chi connectivity index (χ0v) is 13.7. The van der Waals surface area contributed by atoms with Gasteiger partial charge in [0.15, 0.2) is 0 Å². The summed E-state index contributed by atoms with van der Waals surface area (Å²) >= 11 is 0. The molecule has 4 nitrogen and oxygen atoms in total. The van der Waals surface area contributed by atoms with E-state index in [1.54, 1.807) is 0 Å². The van der Waals surface area contributed by atoms with Gasteiger partial charge in [0.2, 0.25) is 0 Å². The van der Waals surface area contributed by atoms with E-state index < -0.39 is 0 Å². The summed E-state index contributed by atoms with van der Waals surface area (Å²) in [6.07, 6.45) is 7.47. The second-order valence-corrected chi connectivity index (χ2v) is 6.84. The lowest BCUT2D eigenvalue weighted by Crippen LogP contribution is -2.54. The molecule has 2 rings (SSSR count). The third-order valence-corrected chi connectivity index (χ3v) is 4.90. The van der Waals surface area contributed by atoms with Crippen LogP contribution in [0.5, 0.6) is 0 Å². The first kappa shape index (κ1) is 15.5. The smallest absolute Gasteiger partial charge is 0.0638 e. The van der Waals surface area contributed by atoms with E-state index >= 15 is 0 Å². The molecule has 0 spiro atoms. The second-order valence-electron chi connectivity index (χ2n) is 6.84. The molecular formula is C16H30N4.